The number of H-pyrrole nitrogens is 1. The molecule has 0 atom stereocenters. The summed E-state index contributed by atoms with van der Waals surface area (Å²) in [6, 6.07) is 6.44. The molecule has 0 saturated heterocycles. The van der Waals surface area contributed by atoms with Gasteiger partial charge in [-0.1, -0.05) is 0 Å². The van der Waals surface area contributed by atoms with Gasteiger partial charge in [-0.05, 0) is 56.4 Å². The van der Waals surface area contributed by atoms with Crippen LogP contribution < -0.4 is 10.6 Å². The van der Waals surface area contributed by atoms with Crippen molar-refractivity contribution in [1.29, 1.82) is 0 Å². The summed E-state index contributed by atoms with van der Waals surface area (Å²) >= 11 is 0. The van der Waals surface area contributed by atoms with E-state index < -0.39 is 0 Å². The van der Waals surface area contributed by atoms with Crippen molar-refractivity contribution in [2.45, 2.75) is 51.1 Å². The lowest BCUT2D eigenvalue weighted by molar-refractivity contribution is -0.121. The van der Waals surface area contributed by atoms with Crippen LogP contribution in [0.1, 0.15) is 39.5 Å². The van der Waals surface area contributed by atoms with Gasteiger partial charge in [0.1, 0.15) is 5.65 Å². The van der Waals surface area contributed by atoms with E-state index in [-0.39, 0.29) is 11.4 Å². The maximum absolute atomic E-state index is 11.4. The van der Waals surface area contributed by atoms with Gasteiger partial charge < -0.3 is 15.6 Å². The van der Waals surface area contributed by atoms with Crippen LogP contribution in [-0.4, -0.2) is 42.1 Å². The van der Waals surface area contributed by atoms with E-state index in [2.05, 4.69) is 43.7 Å². The van der Waals surface area contributed by atoms with Crippen molar-refractivity contribution in [2.24, 2.45) is 0 Å². The van der Waals surface area contributed by atoms with Crippen molar-refractivity contribution in [1.82, 2.24) is 29.9 Å². The molecule has 30 heavy (non-hydrogen) atoms. The minimum Gasteiger partial charge on any atom is -0.351 e. The maximum Gasteiger partial charge on any atom is 0.224 e. The molecule has 1 fully saturated rings. The van der Waals surface area contributed by atoms with Gasteiger partial charge in [0.2, 0.25) is 11.9 Å². The number of hydrogen-bond acceptors (Lipinski definition) is 5. The molecule has 4 aromatic rings. The minimum atomic E-state index is -0.111. The Labute approximate surface area is 174 Å². The lowest BCUT2D eigenvalue weighted by atomic mass is 9.81. The second-order valence-corrected chi connectivity index (χ2v) is 8.43. The Kier molecular flexibility index (Phi) is 4.42. The number of anilines is 1. The summed E-state index contributed by atoms with van der Waals surface area (Å²) in [6.45, 7) is 3.70. The summed E-state index contributed by atoms with van der Waals surface area (Å²) < 4.78 is 1.85. The number of carbonyl (C=O) groups is 1. The Morgan fingerprint density at radius 1 is 1.30 bits per heavy atom. The SMILES string of the molecule is CC(=O)NC1(C)CCC(Nc2ncc3c(-c4ccn5nccc5c4)c[nH]c3n2)CC1. The molecule has 1 aliphatic carbocycles. The van der Waals surface area contributed by atoms with Gasteiger partial charge in [-0.3, -0.25) is 4.79 Å². The molecule has 154 valence electrons. The van der Waals surface area contributed by atoms with Crippen LogP contribution in [0.5, 0.6) is 0 Å². The molecule has 1 amide bonds. The molecule has 5 rings (SSSR count). The van der Waals surface area contributed by atoms with Crippen molar-refractivity contribution < 1.29 is 4.79 Å². The van der Waals surface area contributed by atoms with Crippen LogP contribution in [0.25, 0.3) is 27.7 Å². The van der Waals surface area contributed by atoms with Gasteiger partial charge in [0.25, 0.3) is 0 Å². The molecule has 1 aliphatic rings. The summed E-state index contributed by atoms with van der Waals surface area (Å²) in [5, 5.41) is 11.8. The minimum absolute atomic E-state index is 0.0348. The quantitative estimate of drug-likeness (QED) is 0.484. The van der Waals surface area contributed by atoms with E-state index in [1.807, 2.05) is 35.2 Å². The molecular weight excluding hydrogens is 378 g/mol. The smallest absolute Gasteiger partial charge is 0.224 e. The largest absolute Gasteiger partial charge is 0.351 e. The summed E-state index contributed by atoms with van der Waals surface area (Å²) in [7, 11) is 0. The zero-order valence-electron chi connectivity index (χ0n) is 17.1. The molecule has 8 heteroatoms. The molecule has 3 N–H and O–H groups in total. The average Bonchev–Trinajstić information content (AvgIpc) is 3.35. The first-order valence-electron chi connectivity index (χ1n) is 10.3. The number of rotatable bonds is 4. The van der Waals surface area contributed by atoms with E-state index in [9.17, 15) is 4.79 Å². The second-order valence-electron chi connectivity index (χ2n) is 8.43. The van der Waals surface area contributed by atoms with Gasteiger partial charge in [0.15, 0.2) is 0 Å². The third-order valence-electron chi connectivity index (χ3n) is 6.04. The predicted octanol–water partition coefficient (Wildman–Crippen LogP) is 3.52. The van der Waals surface area contributed by atoms with E-state index >= 15 is 0 Å². The van der Waals surface area contributed by atoms with Gasteiger partial charge in [-0.2, -0.15) is 10.1 Å². The topological polar surface area (TPSA) is 100 Å². The van der Waals surface area contributed by atoms with Crippen LogP contribution in [0.2, 0.25) is 0 Å². The standard InChI is InChI=1S/C22H25N7O/c1-14(30)28-22(2)7-3-16(4-8-22)26-21-24-13-19-18(12-23-20(19)27-21)15-6-10-29-17(11-15)5-9-25-29/h5-6,9-13,16H,3-4,7-8H2,1-2H3,(H,28,30)(H2,23,24,26,27). The van der Waals surface area contributed by atoms with Crippen LogP contribution >= 0.6 is 0 Å². The number of aromatic amines is 1. The van der Waals surface area contributed by atoms with Crippen molar-refractivity contribution in [3.05, 3.63) is 43.0 Å². The Hall–Kier alpha value is -3.42. The molecule has 0 aromatic carbocycles. The number of nitrogens with zero attached hydrogens (tertiary/aromatic N) is 4. The van der Waals surface area contributed by atoms with Gasteiger partial charge in [0, 0.05) is 54.2 Å². The number of carbonyl (C=O) groups excluding carboxylic acids is 1. The van der Waals surface area contributed by atoms with E-state index in [1.165, 1.54) is 0 Å². The molecule has 0 radical (unpaired) electrons. The lowest BCUT2D eigenvalue weighted by Gasteiger charge is -2.38. The molecule has 4 aromatic heterocycles. The molecule has 8 nitrogen and oxygen atoms in total. The van der Waals surface area contributed by atoms with Crippen molar-refractivity contribution >= 4 is 28.4 Å². The number of amides is 1. The Balaban J connectivity index is 1.32. The fourth-order valence-electron chi connectivity index (χ4n) is 4.44. The number of fused-ring (bicyclic) bond motifs is 2. The van der Waals surface area contributed by atoms with Crippen LogP contribution in [0.3, 0.4) is 0 Å². The van der Waals surface area contributed by atoms with Crippen molar-refractivity contribution in [3.8, 4) is 11.1 Å². The third-order valence-corrected chi connectivity index (χ3v) is 6.04. The fourth-order valence-corrected chi connectivity index (χ4v) is 4.44. The second kappa shape index (κ2) is 7.12. The molecular formula is C22H25N7O. The summed E-state index contributed by atoms with van der Waals surface area (Å²) in [5.41, 5.74) is 3.92. The van der Waals surface area contributed by atoms with Gasteiger partial charge in [-0.25, -0.2) is 9.50 Å². The first kappa shape index (κ1) is 18.6. The number of pyridine rings is 1. The normalized spacial score (nSPS) is 21.7. The highest BCUT2D eigenvalue weighted by Gasteiger charge is 2.31. The van der Waals surface area contributed by atoms with Gasteiger partial charge in [0.05, 0.1) is 5.52 Å². The van der Waals surface area contributed by atoms with E-state index in [0.717, 1.165) is 53.4 Å². The maximum atomic E-state index is 11.4. The number of hydrogen-bond donors (Lipinski definition) is 3. The molecule has 4 heterocycles. The predicted molar refractivity (Wildman–Crippen MR) is 116 cm³/mol. The number of aromatic nitrogens is 5. The lowest BCUT2D eigenvalue weighted by Crippen LogP contribution is -2.49. The van der Waals surface area contributed by atoms with Crippen LogP contribution in [0.15, 0.2) is 43.0 Å². The molecule has 0 unspecified atom stereocenters. The first-order chi connectivity index (χ1) is 14.5. The third kappa shape index (κ3) is 3.49. The highest BCUT2D eigenvalue weighted by atomic mass is 16.1. The summed E-state index contributed by atoms with van der Waals surface area (Å²) in [4.78, 5) is 23.9. The van der Waals surface area contributed by atoms with Crippen LogP contribution in [0.4, 0.5) is 5.95 Å². The first-order valence-corrected chi connectivity index (χ1v) is 10.3. The van der Waals surface area contributed by atoms with Crippen molar-refractivity contribution in [3.63, 3.8) is 0 Å². The number of nitrogens with one attached hydrogen (secondary N) is 3. The van der Waals surface area contributed by atoms with E-state index in [0.29, 0.717) is 12.0 Å². The average molecular weight is 403 g/mol. The summed E-state index contributed by atoms with van der Waals surface area (Å²) in [6.07, 6.45) is 11.4. The Bertz CT molecular complexity index is 1220. The van der Waals surface area contributed by atoms with Crippen molar-refractivity contribution in [2.75, 3.05) is 5.32 Å². The van der Waals surface area contributed by atoms with Gasteiger partial charge in [-0.15, -0.1) is 0 Å². The van der Waals surface area contributed by atoms with E-state index in [4.69, 9.17) is 0 Å². The van der Waals surface area contributed by atoms with Gasteiger partial charge >= 0.3 is 0 Å². The Morgan fingerprint density at radius 2 is 2.13 bits per heavy atom. The molecule has 0 aliphatic heterocycles. The summed E-state index contributed by atoms with van der Waals surface area (Å²) in [5.74, 6) is 0.669. The van der Waals surface area contributed by atoms with Crippen LogP contribution in [0, 0.1) is 0 Å². The fraction of sp³-hybridized carbons (Fsp3) is 0.364. The highest BCUT2D eigenvalue weighted by Crippen LogP contribution is 2.31. The monoisotopic (exact) mass is 403 g/mol. The van der Waals surface area contributed by atoms with E-state index in [1.54, 1.807) is 13.1 Å². The molecule has 0 bridgehead atoms. The zero-order chi connectivity index (χ0) is 20.7. The zero-order valence-corrected chi connectivity index (χ0v) is 17.1. The Morgan fingerprint density at radius 3 is 2.93 bits per heavy atom. The van der Waals surface area contributed by atoms with Crippen LogP contribution in [-0.2, 0) is 4.79 Å². The highest BCUT2D eigenvalue weighted by molar-refractivity contribution is 5.94. The molecule has 0 spiro atoms. The molecule has 1 saturated carbocycles.